The fraction of sp³-hybridized carbons (Fsp3) is 1.00. The fourth-order valence-corrected chi connectivity index (χ4v) is 3.40. The highest BCUT2D eigenvalue weighted by Crippen LogP contribution is 2.04. The average Bonchev–Trinajstić information content (AvgIpc) is 2.29. The van der Waals surface area contributed by atoms with Gasteiger partial charge in [0.05, 0.1) is 5.75 Å². The van der Waals surface area contributed by atoms with Crippen LogP contribution < -0.4 is 5.32 Å². The Bertz CT molecular complexity index is 316. The average molecular weight is 293 g/mol. The second-order valence-electron chi connectivity index (χ2n) is 5.43. The first-order valence-electron chi connectivity index (χ1n) is 7.15. The predicted molar refractivity (Wildman–Crippen MR) is 82.0 cm³/mol. The van der Waals surface area contributed by atoms with Crippen molar-refractivity contribution < 1.29 is 8.42 Å². The summed E-state index contributed by atoms with van der Waals surface area (Å²) < 4.78 is 25.9. The summed E-state index contributed by atoms with van der Waals surface area (Å²) in [5, 5.41) is 3.24. The molecule has 0 heterocycles. The van der Waals surface area contributed by atoms with Gasteiger partial charge in [-0.2, -0.15) is 0 Å². The van der Waals surface area contributed by atoms with Gasteiger partial charge in [-0.1, -0.05) is 20.8 Å². The number of rotatable bonds is 11. The normalized spacial score (nSPS) is 12.8. The minimum absolute atomic E-state index is 0.239. The molecule has 0 fully saturated rings. The molecule has 0 aliphatic heterocycles. The van der Waals surface area contributed by atoms with Crippen molar-refractivity contribution in [1.29, 1.82) is 0 Å². The van der Waals surface area contributed by atoms with Gasteiger partial charge >= 0.3 is 0 Å². The molecule has 5 nitrogen and oxygen atoms in total. The SMILES string of the molecule is CCN(CCCN(C)C)S(=O)(=O)CCCNC(C)C. The van der Waals surface area contributed by atoms with Gasteiger partial charge in [0, 0.05) is 19.1 Å². The largest absolute Gasteiger partial charge is 0.314 e. The molecule has 0 aromatic heterocycles. The zero-order chi connectivity index (χ0) is 14.9. The van der Waals surface area contributed by atoms with E-state index in [1.165, 1.54) is 0 Å². The highest BCUT2D eigenvalue weighted by atomic mass is 32.2. The quantitative estimate of drug-likeness (QED) is 0.577. The lowest BCUT2D eigenvalue weighted by atomic mass is 10.4. The minimum Gasteiger partial charge on any atom is -0.314 e. The zero-order valence-corrected chi connectivity index (χ0v) is 14.0. The van der Waals surface area contributed by atoms with Gasteiger partial charge < -0.3 is 10.2 Å². The van der Waals surface area contributed by atoms with Crippen molar-refractivity contribution in [3.63, 3.8) is 0 Å². The van der Waals surface area contributed by atoms with Crippen LogP contribution in [0, 0.1) is 0 Å². The minimum atomic E-state index is -3.09. The molecule has 0 bridgehead atoms. The van der Waals surface area contributed by atoms with Gasteiger partial charge in [0.1, 0.15) is 0 Å². The lowest BCUT2D eigenvalue weighted by molar-refractivity contribution is 0.355. The monoisotopic (exact) mass is 293 g/mol. The van der Waals surface area contributed by atoms with E-state index in [1.54, 1.807) is 4.31 Å². The van der Waals surface area contributed by atoms with Crippen molar-refractivity contribution in [2.24, 2.45) is 0 Å². The van der Waals surface area contributed by atoms with Gasteiger partial charge in [0.25, 0.3) is 0 Å². The van der Waals surface area contributed by atoms with Gasteiger partial charge in [0.15, 0.2) is 0 Å². The topological polar surface area (TPSA) is 52.7 Å². The molecule has 0 rings (SSSR count). The Balaban J connectivity index is 4.10. The molecule has 0 unspecified atom stereocenters. The van der Waals surface area contributed by atoms with Crippen molar-refractivity contribution in [1.82, 2.24) is 14.5 Å². The van der Waals surface area contributed by atoms with Gasteiger partial charge in [0.2, 0.25) is 10.0 Å². The van der Waals surface area contributed by atoms with E-state index >= 15 is 0 Å². The molecule has 0 aromatic rings. The number of nitrogens with one attached hydrogen (secondary N) is 1. The highest BCUT2D eigenvalue weighted by molar-refractivity contribution is 7.89. The number of sulfonamides is 1. The first kappa shape index (κ1) is 18.8. The van der Waals surface area contributed by atoms with E-state index in [4.69, 9.17) is 0 Å². The summed E-state index contributed by atoms with van der Waals surface area (Å²) in [4.78, 5) is 2.08. The molecule has 0 atom stereocenters. The van der Waals surface area contributed by atoms with E-state index in [0.717, 1.165) is 19.5 Å². The zero-order valence-electron chi connectivity index (χ0n) is 13.1. The Labute approximate surface area is 119 Å². The number of nitrogens with zero attached hydrogens (tertiary/aromatic N) is 2. The molecule has 6 heteroatoms. The summed E-state index contributed by atoms with van der Waals surface area (Å²) in [7, 11) is 0.911. The van der Waals surface area contributed by atoms with Crippen LogP contribution in [-0.4, -0.2) is 69.7 Å². The van der Waals surface area contributed by atoms with Crippen molar-refractivity contribution in [3.05, 3.63) is 0 Å². The number of hydrogen-bond acceptors (Lipinski definition) is 4. The van der Waals surface area contributed by atoms with E-state index in [-0.39, 0.29) is 5.75 Å². The molecule has 0 aromatic carbocycles. The third-order valence-corrected chi connectivity index (χ3v) is 4.92. The van der Waals surface area contributed by atoms with Crippen LogP contribution in [0.5, 0.6) is 0 Å². The van der Waals surface area contributed by atoms with Gasteiger partial charge in [-0.25, -0.2) is 12.7 Å². The highest BCUT2D eigenvalue weighted by Gasteiger charge is 2.19. The van der Waals surface area contributed by atoms with Crippen LogP contribution in [-0.2, 0) is 10.0 Å². The Hall–Kier alpha value is -0.170. The van der Waals surface area contributed by atoms with Crippen LogP contribution in [0.15, 0.2) is 0 Å². The van der Waals surface area contributed by atoms with Crippen LogP contribution in [0.2, 0.25) is 0 Å². The van der Waals surface area contributed by atoms with Gasteiger partial charge in [-0.05, 0) is 40.0 Å². The summed E-state index contributed by atoms with van der Waals surface area (Å²) >= 11 is 0. The Morgan fingerprint density at radius 3 is 2.21 bits per heavy atom. The first-order chi connectivity index (χ1) is 8.79. The Morgan fingerprint density at radius 2 is 1.74 bits per heavy atom. The summed E-state index contributed by atoms with van der Waals surface area (Å²) in [5.41, 5.74) is 0. The molecule has 0 aliphatic carbocycles. The third kappa shape index (κ3) is 9.38. The fourth-order valence-electron chi connectivity index (χ4n) is 1.83. The summed E-state index contributed by atoms with van der Waals surface area (Å²) in [5.74, 6) is 0.239. The third-order valence-electron chi connectivity index (χ3n) is 2.89. The lowest BCUT2D eigenvalue weighted by Gasteiger charge is -2.21. The Kier molecular flexibility index (Phi) is 9.60. The van der Waals surface area contributed by atoms with Crippen molar-refractivity contribution in [2.75, 3.05) is 46.0 Å². The van der Waals surface area contributed by atoms with Crippen molar-refractivity contribution >= 4 is 10.0 Å². The van der Waals surface area contributed by atoms with Crippen LogP contribution in [0.1, 0.15) is 33.6 Å². The molecular weight excluding hydrogens is 262 g/mol. The molecule has 0 radical (unpaired) electrons. The molecule has 0 spiro atoms. The van der Waals surface area contributed by atoms with Crippen LogP contribution in [0.25, 0.3) is 0 Å². The molecule has 0 amide bonds. The standard InChI is InChI=1S/C13H31N3O2S/c1-6-16(11-8-10-15(4)5)19(17,18)12-7-9-14-13(2)3/h13-14H,6-12H2,1-5H3. The van der Waals surface area contributed by atoms with Gasteiger partial charge in [-0.15, -0.1) is 0 Å². The molecule has 1 N–H and O–H groups in total. The van der Waals surface area contributed by atoms with E-state index < -0.39 is 10.0 Å². The maximum Gasteiger partial charge on any atom is 0.214 e. The Morgan fingerprint density at radius 1 is 1.11 bits per heavy atom. The smallest absolute Gasteiger partial charge is 0.214 e. The lowest BCUT2D eigenvalue weighted by Crippen LogP contribution is -2.36. The molecule has 0 saturated heterocycles. The summed E-state index contributed by atoms with van der Waals surface area (Å²) in [6.07, 6.45) is 1.55. The van der Waals surface area contributed by atoms with Crippen LogP contribution >= 0.6 is 0 Å². The summed E-state index contributed by atoms with van der Waals surface area (Å²) in [6, 6.07) is 0.407. The second kappa shape index (κ2) is 9.69. The van der Waals surface area contributed by atoms with E-state index in [9.17, 15) is 8.42 Å². The second-order valence-corrected chi connectivity index (χ2v) is 7.52. The maximum absolute atomic E-state index is 12.2. The molecule has 0 aliphatic rings. The molecule has 116 valence electrons. The predicted octanol–water partition coefficient (Wildman–Crippen LogP) is 0.978. The van der Waals surface area contributed by atoms with Crippen LogP contribution in [0.3, 0.4) is 0 Å². The summed E-state index contributed by atoms with van der Waals surface area (Å²) in [6.45, 7) is 8.89. The van der Waals surface area contributed by atoms with E-state index in [1.807, 2.05) is 21.0 Å². The first-order valence-corrected chi connectivity index (χ1v) is 8.76. The number of hydrogen-bond donors (Lipinski definition) is 1. The van der Waals surface area contributed by atoms with E-state index in [2.05, 4.69) is 24.1 Å². The van der Waals surface area contributed by atoms with Crippen molar-refractivity contribution in [2.45, 2.75) is 39.7 Å². The molecular formula is C13H31N3O2S. The molecule has 0 saturated carbocycles. The van der Waals surface area contributed by atoms with Gasteiger partial charge in [-0.3, -0.25) is 0 Å². The maximum atomic E-state index is 12.2. The molecule has 19 heavy (non-hydrogen) atoms. The van der Waals surface area contributed by atoms with Crippen LogP contribution in [0.4, 0.5) is 0 Å². The van der Waals surface area contributed by atoms with E-state index in [0.29, 0.717) is 25.6 Å². The van der Waals surface area contributed by atoms with Crippen molar-refractivity contribution in [3.8, 4) is 0 Å².